The van der Waals surface area contributed by atoms with Crippen molar-refractivity contribution in [2.45, 2.75) is 25.3 Å². The van der Waals surface area contributed by atoms with Gasteiger partial charge in [-0.15, -0.1) is 0 Å². The number of amides is 1. The van der Waals surface area contributed by atoms with Crippen molar-refractivity contribution in [1.82, 2.24) is 15.3 Å². The second-order valence-corrected chi connectivity index (χ2v) is 8.97. The lowest BCUT2D eigenvalue weighted by atomic mass is 9.96. The maximum absolute atomic E-state index is 13.8. The van der Waals surface area contributed by atoms with E-state index in [1.165, 1.54) is 6.07 Å². The predicted octanol–water partition coefficient (Wildman–Crippen LogP) is 5.12. The molecule has 1 amide bonds. The lowest BCUT2D eigenvalue weighted by molar-refractivity contribution is -0.120. The van der Waals surface area contributed by atoms with Crippen LogP contribution >= 0.6 is 0 Å². The van der Waals surface area contributed by atoms with E-state index in [-0.39, 0.29) is 18.6 Å². The molecule has 8 heteroatoms. The van der Waals surface area contributed by atoms with Gasteiger partial charge in [-0.25, -0.2) is 13.8 Å². The zero-order valence-electron chi connectivity index (χ0n) is 19.8. The first-order valence-electron chi connectivity index (χ1n) is 11.9. The van der Waals surface area contributed by atoms with E-state index in [2.05, 4.69) is 15.3 Å². The van der Waals surface area contributed by atoms with Gasteiger partial charge in [-0.05, 0) is 59.7 Å². The number of anilines is 1. The number of nitrogens with two attached hydrogens (primary N) is 1. The molecule has 0 unspecified atom stereocenters. The molecule has 0 aliphatic rings. The number of H-pyrrole nitrogens is 1. The van der Waals surface area contributed by atoms with Crippen molar-refractivity contribution in [2.24, 2.45) is 0 Å². The molecule has 0 aliphatic heterocycles. The summed E-state index contributed by atoms with van der Waals surface area (Å²) in [7, 11) is 0. The Morgan fingerprint density at radius 1 is 0.919 bits per heavy atom. The van der Waals surface area contributed by atoms with E-state index in [0.717, 1.165) is 39.4 Å². The maximum atomic E-state index is 13.8. The summed E-state index contributed by atoms with van der Waals surface area (Å²) in [6, 6.07) is 19.3. The molecule has 0 bridgehead atoms. The van der Waals surface area contributed by atoms with Gasteiger partial charge in [0, 0.05) is 28.9 Å². The number of halogens is 2. The highest BCUT2D eigenvalue weighted by Gasteiger charge is 2.23. The highest BCUT2D eigenvalue weighted by molar-refractivity contribution is 6.00. The minimum atomic E-state index is -1.00. The van der Waals surface area contributed by atoms with Gasteiger partial charge in [-0.3, -0.25) is 9.59 Å². The van der Waals surface area contributed by atoms with Gasteiger partial charge in [-0.2, -0.15) is 0 Å². The average molecular weight is 499 g/mol. The van der Waals surface area contributed by atoms with Gasteiger partial charge in [0.05, 0.1) is 6.04 Å². The summed E-state index contributed by atoms with van der Waals surface area (Å²) < 4.78 is 27.3. The van der Waals surface area contributed by atoms with Crippen LogP contribution in [0.1, 0.15) is 28.0 Å². The molecule has 5 rings (SSSR count). The number of aromatic amines is 1. The Hall–Kier alpha value is -4.59. The predicted molar refractivity (Wildman–Crippen MR) is 139 cm³/mol. The summed E-state index contributed by atoms with van der Waals surface area (Å²) in [5, 5.41) is 5.41. The van der Waals surface area contributed by atoms with Crippen LogP contribution in [0, 0.1) is 11.6 Å². The number of rotatable bonds is 8. The number of nitrogens with one attached hydrogen (secondary N) is 2. The van der Waals surface area contributed by atoms with E-state index in [4.69, 9.17) is 5.73 Å². The van der Waals surface area contributed by atoms with Crippen molar-refractivity contribution in [3.8, 4) is 0 Å². The molecule has 4 N–H and O–H groups in total. The number of carbonyl (C=O) groups is 2. The summed E-state index contributed by atoms with van der Waals surface area (Å²) in [6.07, 6.45) is 2.24. The molecule has 0 saturated heterocycles. The smallest absolute Gasteiger partial charge is 0.268 e. The number of nitrogen functional groups attached to an aromatic ring is 1. The van der Waals surface area contributed by atoms with Gasteiger partial charge in [0.15, 0.2) is 17.4 Å². The number of aryl methyl sites for hydroxylation is 1. The molecule has 0 aliphatic carbocycles. The number of aromatic nitrogens is 2. The fourth-order valence-corrected chi connectivity index (χ4v) is 4.43. The minimum Gasteiger partial charge on any atom is -0.383 e. The molecule has 6 nitrogen and oxygen atoms in total. The molecule has 37 heavy (non-hydrogen) atoms. The summed E-state index contributed by atoms with van der Waals surface area (Å²) >= 11 is 0. The van der Waals surface area contributed by atoms with Crippen LogP contribution in [0.15, 0.2) is 79.0 Å². The molecule has 186 valence electrons. The zero-order chi connectivity index (χ0) is 25.9. The topological polar surface area (TPSA) is 101 Å². The fraction of sp³-hybridized carbons (Fsp3) is 0.138. The Morgan fingerprint density at radius 3 is 2.54 bits per heavy atom. The second kappa shape index (κ2) is 10.2. The van der Waals surface area contributed by atoms with E-state index in [1.54, 1.807) is 12.3 Å². The first-order chi connectivity index (χ1) is 17.9. The van der Waals surface area contributed by atoms with Gasteiger partial charge >= 0.3 is 0 Å². The first-order valence-corrected chi connectivity index (χ1v) is 11.9. The number of benzene rings is 3. The number of para-hydroxylation sites is 1. The van der Waals surface area contributed by atoms with E-state index < -0.39 is 23.6 Å². The number of hydrogen-bond donors (Lipinski definition) is 3. The van der Waals surface area contributed by atoms with Crippen molar-refractivity contribution in [3.63, 3.8) is 0 Å². The quantitative estimate of drug-likeness (QED) is 0.276. The average Bonchev–Trinajstić information content (AvgIpc) is 3.34. The van der Waals surface area contributed by atoms with Crippen molar-refractivity contribution in [2.75, 3.05) is 5.73 Å². The molecule has 0 saturated carbocycles. The highest BCUT2D eigenvalue weighted by Crippen LogP contribution is 2.21. The second-order valence-electron chi connectivity index (χ2n) is 8.97. The van der Waals surface area contributed by atoms with Crippen LogP contribution in [-0.4, -0.2) is 27.7 Å². The molecule has 2 aromatic heterocycles. The molecule has 0 spiro atoms. The normalized spacial score (nSPS) is 12.1. The van der Waals surface area contributed by atoms with Gasteiger partial charge in [0.25, 0.3) is 5.91 Å². The van der Waals surface area contributed by atoms with Crippen LogP contribution in [0.4, 0.5) is 14.6 Å². The van der Waals surface area contributed by atoms with Gasteiger partial charge in [-0.1, -0.05) is 42.5 Å². The van der Waals surface area contributed by atoms with Crippen molar-refractivity contribution in [3.05, 3.63) is 107 Å². The van der Waals surface area contributed by atoms with Crippen LogP contribution in [0.3, 0.4) is 0 Å². The number of fused-ring (bicyclic) bond motifs is 2. The van der Waals surface area contributed by atoms with Crippen molar-refractivity contribution >= 4 is 39.2 Å². The van der Waals surface area contributed by atoms with Crippen molar-refractivity contribution < 1.29 is 18.4 Å². The van der Waals surface area contributed by atoms with Crippen LogP contribution in [0.5, 0.6) is 0 Å². The first kappa shape index (κ1) is 24.1. The van der Waals surface area contributed by atoms with Crippen LogP contribution < -0.4 is 11.1 Å². The number of ketones is 1. The third-order valence-corrected chi connectivity index (χ3v) is 6.41. The monoisotopic (exact) mass is 498 g/mol. The van der Waals surface area contributed by atoms with Gasteiger partial charge in [0.2, 0.25) is 0 Å². The van der Waals surface area contributed by atoms with E-state index >= 15 is 0 Å². The minimum absolute atomic E-state index is 0.0297. The fourth-order valence-electron chi connectivity index (χ4n) is 4.43. The summed E-state index contributed by atoms with van der Waals surface area (Å²) in [5.41, 5.74) is 8.36. The Kier molecular flexibility index (Phi) is 6.64. The third-order valence-electron chi connectivity index (χ3n) is 6.41. The van der Waals surface area contributed by atoms with Crippen LogP contribution in [0.25, 0.3) is 21.7 Å². The summed E-state index contributed by atoms with van der Waals surface area (Å²) in [6.45, 7) is 0. The SMILES string of the molecule is Nc1nccc2cc(CCC(=O)[C@H](Cc3ccc(F)c(F)c3)NC(=O)c3cc4ccccc4[nH]3)ccc12. The van der Waals surface area contributed by atoms with Crippen LogP contribution in [0.2, 0.25) is 0 Å². The van der Waals surface area contributed by atoms with E-state index in [9.17, 15) is 18.4 Å². The summed E-state index contributed by atoms with van der Waals surface area (Å²) in [4.78, 5) is 33.5. The molecule has 0 fully saturated rings. The lowest BCUT2D eigenvalue weighted by Gasteiger charge is -2.18. The maximum Gasteiger partial charge on any atom is 0.268 e. The molecular formula is C29H24F2N4O2. The van der Waals surface area contributed by atoms with E-state index in [0.29, 0.717) is 23.5 Å². The number of pyridine rings is 1. The third kappa shape index (κ3) is 5.33. The van der Waals surface area contributed by atoms with Gasteiger partial charge in [0.1, 0.15) is 11.5 Å². The molecule has 1 atom stereocenters. The Bertz CT molecular complexity index is 1600. The zero-order valence-corrected chi connectivity index (χ0v) is 19.8. The summed E-state index contributed by atoms with van der Waals surface area (Å²) in [5.74, 6) is -2.21. The standard InChI is InChI=1S/C29H24F2N4O2/c30-22-9-6-18(14-23(22)31)15-25(35-29(37)26-16-20-3-1-2-4-24(20)34-26)27(36)10-7-17-5-8-21-19(13-17)11-12-33-28(21)32/h1-6,8-9,11-14,16,25,34H,7,10,15H2,(H2,32,33)(H,35,37)/t25-/m0/s1. The Morgan fingerprint density at radius 2 is 1.73 bits per heavy atom. The highest BCUT2D eigenvalue weighted by atomic mass is 19.2. The van der Waals surface area contributed by atoms with Gasteiger partial charge < -0.3 is 16.0 Å². The molecule has 3 aromatic carbocycles. The molecular weight excluding hydrogens is 474 g/mol. The molecule has 2 heterocycles. The lowest BCUT2D eigenvalue weighted by Crippen LogP contribution is -2.42. The number of hydrogen-bond acceptors (Lipinski definition) is 4. The number of Topliss-reactive ketones (excluding diaryl/α,β-unsaturated/α-hetero) is 1. The Labute approximate surface area is 211 Å². The van der Waals surface area contributed by atoms with E-state index in [1.807, 2.05) is 48.5 Å². The molecule has 5 aromatic rings. The number of nitrogens with zero attached hydrogens (tertiary/aromatic N) is 1. The largest absolute Gasteiger partial charge is 0.383 e. The van der Waals surface area contributed by atoms with Crippen LogP contribution in [-0.2, 0) is 17.6 Å². The number of carbonyl (C=O) groups excluding carboxylic acids is 2. The Balaban J connectivity index is 1.35. The van der Waals surface area contributed by atoms with Crippen molar-refractivity contribution in [1.29, 1.82) is 0 Å². The molecule has 0 radical (unpaired) electrons.